The van der Waals surface area contributed by atoms with E-state index in [0.29, 0.717) is 12.1 Å². The van der Waals surface area contributed by atoms with Gasteiger partial charge in [0, 0.05) is 17.6 Å². The fraction of sp³-hybridized carbons (Fsp3) is 0.417. The van der Waals surface area contributed by atoms with Crippen molar-refractivity contribution < 1.29 is 0 Å². The van der Waals surface area contributed by atoms with Crippen LogP contribution in [0.5, 0.6) is 0 Å². The molecule has 0 aliphatic rings. The molecule has 0 atom stereocenters. The molecular formula is C24H32N4S4. The lowest BCUT2D eigenvalue weighted by Gasteiger charge is -2.27. The minimum Gasteiger partial charge on any atom is -0.253 e. The lowest BCUT2D eigenvalue weighted by molar-refractivity contribution is 0.335. The maximum absolute atomic E-state index is 4.66. The first-order valence-electron chi connectivity index (χ1n) is 10.7. The second-order valence-electron chi connectivity index (χ2n) is 8.99. The molecule has 4 rings (SSSR count). The molecule has 0 fully saturated rings. The zero-order valence-corrected chi connectivity index (χ0v) is 23.0. The summed E-state index contributed by atoms with van der Waals surface area (Å²) in [7, 11) is 0. The average Bonchev–Trinajstić information content (AvgIpc) is 3.33. The Kier molecular flexibility index (Phi) is 9.00. The maximum atomic E-state index is 4.66. The second kappa shape index (κ2) is 11.3. The van der Waals surface area contributed by atoms with Crippen molar-refractivity contribution in [3.8, 4) is 0 Å². The van der Waals surface area contributed by atoms with E-state index < -0.39 is 0 Å². The number of nitrogens with one attached hydrogen (secondary N) is 1. The van der Waals surface area contributed by atoms with Crippen molar-refractivity contribution in [3.05, 3.63) is 48.5 Å². The summed E-state index contributed by atoms with van der Waals surface area (Å²) >= 11 is 6.88. The van der Waals surface area contributed by atoms with Crippen molar-refractivity contribution in [1.29, 1.82) is 0 Å². The fourth-order valence-electron chi connectivity index (χ4n) is 2.88. The molecule has 0 unspecified atom stereocenters. The molecular weight excluding hydrogens is 473 g/mol. The third-order valence-corrected chi connectivity index (χ3v) is 9.11. The zero-order valence-electron chi connectivity index (χ0n) is 19.7. The van der Waals surface area contributed by atoms with E-state index in [9.17, 15) is 0 Å². The van der Waals surface area contributed by atoms with E-state index in [-0.39, 0.29) is 5.54 Å². The van der Waals surface area contributed by atoms with Gasteiger partial charge in [-0.25, -0.2) is 14.3 Å². The Labute approximate surface area is 208 Å². The van der Waals surface area contributed by atoms with E-state index in [1.807, 2.05) is 24.3 Å². The van der Waals surface area contributed by atoms with Gasteiger partial charge in [-0.2, -0.15) is 0 Å². The number of thiazole rings is 2. The van der Waals surface area contributed by atoms with Gasteiger partial charge in [0.2, 0.25) is 0 Å². The summed E-state index contributed by atoms with van der Waals surface area (Å²) in [4.78, 5) is 9.19. The van der Waals surface area contributed by atoms with Gasteiger partial charge in [0.15, 0.2) is 8.68 Å². The summed E-state index contributed by atoms with van der Waals surface area (Å²) in [5.74, 6) is 0. The Morgan fingerprint density at radius 2 is 1.25 bits per heavy atom. The monoisotopic (exact) mass is 504 g/mol. The van der Waals surface area contributed by atoms with Gasteiger partial charge >= 0.3 is 0 Å². The third-order valence-electron chi connectivity index (χ3n) is 4.19. The van der Waals surface area contributed by atoms with Gasteiger partial charge in [-0.15, -0.1) is 22.7 Å². The van der Waals surface area contributed by atoms with Gasteiger partial charge in [0.05, 0.1) is 20.4 Å². The van der Waals surface area contributed by atoms with Crippen molar-refractivity contribution >= 4 is 67.0 Å². The summed E-state index contributed by atoms with van der Waals surface area (Å²) < 4.78 is 10.5. The van der Waals surface area contributed by atoms with Crippen molar-refractivity contribution in [2.24, 2.45) is 0 Å². The van der Waals surface area contributed by atoms with E-state index in [1.54, 1.807) is 46.6 Å². The molecule has 32 heavy (non-hydrogen) atoms. The van der Waals surface area contributed by atoms with Crippen LogP contribution in [0.15, 0.2) is 57.2 Å². The summed E-state index contributed by atoms with van der Waals surface area (Å²) in [5.41, 5.74) is 2.30. The highest BCUT2D eigenvalue weighted by Gasteiger charge is 2.17. The summed E-state index contributed by atoms with van der Waals surface area (Å²) in [6.45, 7) is 15.3. The molecule has 2 heterocycles. The number of aromatic nitrogens is 2. The van der Waals surface area contributed by atoms with Crippen molar-refractivity contribution in [2.45, 2.75) is 74.8 Å². The first-order chi connectivity index (χ1) is 15.1. The molecule has 0 radical (unpaired) electrons. The number of benzene rings is 2. The van der Waals surface area contributed by atoms with Crippen LogP contribution >= 0.6 is 46.6 Å². The zero-order chi connectivity index (χ0) is 23.3. The van der Waals surface area contributed by atoms with Crippen LogP contribution in [0.1, 0.15) is 48.5 Å². The first kappa shape index (κ1) is 25.5. The Morgan fingerprint density at radius 1 is 0.781 bits per heavy atom. The number of hydrogen-bond donors (Lipinski definition) is 1. The third kappa shape index (κ3) is 7.43. The Bertz CT molecular complexity index is 1050. The molecule has 0 amide bonds. The smallest absolute Gasteiger partial charge is 0.166 e. The number of fused-ring (bicyclic) bond motifs is 2. The van der Waals surface area contributed by atoms with Crippen LogP contribution in [-0.4, -0.2) is 31.9 Å². The normalized spacial score (nSPS) is 12.2. The van der Waals surface area contributed by atoms with Gasteiger partial charge < -0.3 is 0 Å². The van der Waals surface area contributed by atoms with Crippen LogP contribution in [0.25, 0.3) is 20.4 Å². The molecule has 172 valence electrons. The lowest BCUT2D eigenvalue weighted by atomic mass is 10.1. The predicted octanol–water partition coefficient (Wildman–Crippen LogP) is 8.11. The molecule has 4 nitrogen and oxygen atoms in total. The summed E-state index contributed by atoms with van der Waals surface area (Å²) in [5, 5.41) is 0. The molecule has 0 aliphatic heterocycles. The second-order valence-corrected chi connectivity index (χ2v) is 13.4. The van der Waals surface area contributed by atoms with Crippen molar-refractivity contribution in [2.75, 3.05) is 0 Å². The fourth-order valence-corrected chi connectivity index (χ4v) is 6.79. The summed E-state index contributed by atoms with van der Waals surface area (Å²) in [6, 6.07) is 17.6. The predicted molar refractivity (Wildman–Crippen MR) is 146 cm³/mol. The van der Waals surface area contributed by atoms with Gasteiger partial charge in [0.1, 0.15) is 0 Å². The van der Waals surface area contributed by atoms with Crippen LogP contribution in [0.2, 0.25) is 0 Å². The number of rotatable bonds is 6. The Morgan fingerprint density at radius 3 is 1.72 bits per heavy atom. The van der Waals surface area contributed by atoms with E-state index in [0.717, 1.165) is 19.7 Å². The molecule has 2 aromatic heterocycles. The topological polar surface area (TPSA) is 41.1 Å². The van der Waals surface area contributed by atoms with Crippen molar-refractivity contribution in [1.82, 2.24) is 19.0 Å². The largest absolute Gasteiger partial charge is 0.253 e. The highest BCUT2D eigenvalue weighted by molar-refractivity contribution is 7.99. The standard InChI is InChI=1S/C13H18N2S2.C11H14N2S2/c1-9(2)15(10(3)4)17-13-14-11-7-5-6-8-12(11)16-13;1-11(2,3)13-15-10-12-8-6-4-5-7-9(8)14-10/h5-10H,1-4H3;4-7,13H,1-3H3. The maximum Gasteiger partial charge on any atom is 0.166 e. The van der Waals surface area contributed by atoms with E-state index in [1.165, 1.54) is 9.40 Å². The molecule has 8 heteroatoms. The molecule has 1 N–H and O–H groups in total. The first-order valence-corrected chi connectivity index (χ1v) is 14.0. The molecule has 0 spiro atoms. The molecule has 0 aliphatic carbocycles. The molecule has 4 aromatic rings. The van der Waals surface area contributed by atoms with Crippen LogP contribution in [0, 0.1) is 0 Å². The van der Waals surface area contributed by atoms with Crippen LogP contribution in [-0.2, 0) is 0 Å². The Hall–Kier alpha value is -1.16. The van der Waals surface area contributed by atoms with Gasteiger partial charge in [-0.1, -0.05) is 24.3 Å². The molecule has 0 saturated heterocycles. The highest BCUT2D eigenvalue weighted by Crippen LogP contribution is 2.33. The van der Waals surface area contributed by atoms with Crippen LogP contribution in [0.4, 0.5) is 0 Å². The number of para-hydroxylation sites is 2. The minimum atomic E-state index is 0.114. The van der Waals surface area contributed by atoms with E-state index in [2.05, 4.69) is 91.7 Å². The van der Waals surface area contributed by atoms with Gasteiger partial charge in [-0.3, -0.25) is 4.72 Å². The number of hydrogen-bond acceptors (Lipinski definition) is 8. The number of nitrogens with zero attached hydrogens (tertiary/aromatic N) is 3. The van der Waals surface area contributed by atoms with E-state index in [4.69, 9.17) is 0 Å². The van der Waals surface area contributed by atoms with Gasteiger partial charge in [0.25, 0.3) is 0 Å². The molecule has 0 saturated carbocycles. The molecule has 0 bridgehead atoms. The lowest BCUT2D eigenvalue weighted by Crippen LogP contribution is -2.30. The van der Waals surface area contributed by atoms with Crippen molar-refractivity contribution in [3.63, 3.8) is 0 Å². The quantitative estimate of drug-likeness (QED) is 0.267. The Balaban J connectivity index is 0.000000182. The van der Waals surface area contributed by atoms with Crippen LogP contribution in [0.3, 0.4) is 0 Å². The molecule has 2 aromatic carbocycles. The minimum absolute atomic E-state index is 0.114. The average molecular weight is 505 g/mol. The highest BCUT2D eigenvalue weighted by atomic mass is 32.2. The van der Waals surface area contributed by atoms with Gasteiger partial charge in [-0.05, 0) is 96.6 Å². The van der Waals surface area contributed by atoms with E-state index >= 15 is 0 Å². The summed E-state index contributed by atoms with van der Waals surface area (Å²) in [6.07, 6.45) is 0. The SMILES string of the molecule is CC(C)(C)NSc1nc2ccccc2s1.CC(C)N(Sc1nc2ccccc2s1)C(C)C. The van der Waals surface area contributed by atoms with Crippen LogP contribution < -0.4 is 4.72 Å².